The summed E-state index contributed by atoms with van der Waals surface area (Å²) in [6, 6.07) is 5.70. The molecule has 1 saturated heterocycles. The fraction of sp³-hybridized carbons (Fsp3) is 0.385. The molecule has 0 radical (unpaired) electrons. The molecule has 18 heavy (non-hydrogen) atoms. The topological polar surface area (TPSA) is 73.1 Å². The number of nitrogens with one attached hydrogen (secondary N) is 1. The smallest absolute Gasteiger partial charge is 0.135 e. The molecule has 1 aliphatic heterocycles. The van der Waals surface area contributed by atoms with E-state index in [1.54, 1.807) is 7.11 Å². The Kier molecular flexibility index (Phi) is 2.76. The summed E-state index contributed by atoms with van der Waals surface area (Å²) >= 11 is 0. The van der Waals surface area contributed by atoms with Gasteiger partial charge in [0.1, 0.15) is 17.4 Å². The van der Waals surface area contributed by atoms with Crippen molar-refractivity contribution in [2.24, 2.45) is 0 Å². The minimum absolute atomic E-state index is 0.374. The number of fused-ring (bicyclic) bond motifs is 1. The van der Waals surface area contributed by atoms with Crippen molar-refractivity contribution in [2.45, 2.75) is 12.3 Å². The Morgan fingerprint density at radius 3 is 3.00 bits per heavy atom. The maximum atomic E-state index is 6.02. The third-order valence-electron chi connectivity index (χ3n) is 3.38. The van der Waals surface area contributed by atoms with Gasteiger partial charge in [0.2, 0.25) is 0 Å². The summed E-state index contributed by atoms with van der Waals surface area (Å²) in [6.07, 6.45) is 1.07. The summed E-state index contributed by atoms with van der Waals surface area (Å²) in [5.74, 6) is 2.52. The van der Waals surface area contributed by atoms with Crippen LogP contribution in [0.4, 0.5) is 5.82 Å². The quantitative estimate of drug-likeness (QED) is 0.833. The molecule has 0 spiro atoms. The number of methoxy groups -OCH3 is 1. The molecule has 1 aromatic heterocycles. The summed E-state index contributed by atoms with van der Waals surface area (Å²) in [6.45, 7) is 1.95. The van der Waals surface area contributed by atoms with Gasteiger partial charge in [-0.05, 0) is 31.2 Å². The summed E-state index contributed by atoms with van der Waals surface area (Å²) in [4.78, 5) is 9.04. The first kappa shape index (κ1) is 11.2. The Balaban J connectivity index is 2.09. The molecular weight excluding hydrogens is 228 g/mol. The second-order valence-corrected chi connectivity index (χ2v) is 4.54. The Hall–Kier alpha value is -1.88. The summed E-state index contributed by atoms with van der Waals surface area (Å²) in [7, 11) is 1.64. The monoisotopic (exact) mass is 244 g/mol. The van der Waals surface area contributed by atoms with Crippen LogP contribution in [-0.4, -0.2) is 30.2 Å². The van der Waals surface area contributed by atoms with Crippen LogP contribution in [0.2, 0.25) is 0 Å². The predicted octanol–water partition coefficient (Wildman–Crippen LogP) is 1.30. The molecule has 0 aliphatic carbocycles. The minimum Gasteiger partial charge on any atom is -0.497 e. The maximum absolute atomic E-state index is 6.02. The maximum Gasteiger partial charge on any atom is 0.135 e. The fourth-order valence-electron chi connectivity index (χ4n) is 2.33. The van der Waals surface area contributed by atoms with Gasteiger partial charge in [0, 0.05) is 17.8 Å². The average Bonchev–Trinajstić information content (AvgIpc) is 2.92. The van der Waals surface area contributed by atoms with Gasteiger partial charge in [-0.1, -0.05) is 0 Å². The van der Waals surface area contributed by atoms with Gasteiger partial charge in [0.25, 0.3) is 0 Å². The molecule has 1 atom stereocenters. The number of hydrogen-bond acceptors (Lipinski definition) is 5. The fourth-order valence-corrected chi connectivity index (χ4v) is 2.33. The number of aromatic nitrogens is 2. The third-order valence-corrected chi connectivity index (χ3v) is 3.38. The Labute approximate surface area is 105 Å². The van der Waals surface area contributed by atoms with Crippen LogP contribution in [-0.2, 0) is 0 Å². The Bertz CT molecular complexity index is 578. The first-order valence-corrected chi connectivity index (χ1v) is 6.10. The molecule has 1 aliphatic rings. The highest BCUT2D eigenvalue weighted by Gasteiger charge is 2.20. The predicted molar refractivity (Wildman–Crippen MR) is 70.7 cm³/mol. The van der Waals surface area contributed by atoms with E-state index >= 15 is 0 Å². The number of anilines is 1. The number of rotatable bonds is 2. The highest BCUT2D eigenvalue weighted by Crippen LogP contribution is 2.26. The van der Waals surface area contributed by atoms with Crippen molar-refractivity contribution in [1.82, 2.24) is 15.3 Å². The first-order valence-electron chi connectivity index (χ1n) is 6.10. The lowest BCUT2D eigenvalue weighted by Gasteiger charge is -2.10. The van der Waals surface area contributed by atoms with Gasteiger partial charge in [0.05, 0.1) is 12.6 Å². The summed E-state index contributed by atoms with van der Waals surface area (Å²) in [5, 5.41) is 4.17. The third kappa shape index (κ3) is 1.86. The van der Waals surface area contributed by atoms with E-state index in [0.717, 1.165) is 42.0 Å². The van der Waals surface area contributed by atoms with Gasteiger partial charge in [-0.15, -0.1) is 0 Å². The Morgan fingerprint density at radius 2 is 2.28 bits per heavy atom. The van der Waals surface area contributed by atoms with E-state index in [9.17, 15) is 0 Å². The molecule has 0 bridgehead atoms. The van der Waals surface area contributed by atoms with E-state index < -0.39 is 0 Å². The molecule has 5 heteroatoms. The molecular formula is C13H16N4O. The molecule has 2 heterocycles. The Morgan fingerprint density at radius 1 is 1.39 bits per heavy atom. The number of benzene rings is 1. The van der Waals surface area contributed by atoms with Crippen molar-refractivity contribution < 1.29 is 4.74 Å². The first-order chi connectivity index (χ1) is 8.78. The van der Waals surface area contributed by atoms with Gasteiger partial charge in [-0.3, -0.25) is 0 Å². The lowest BCUT2D eigenvalue weighted by molar-refractivity contribution is 0.415. The van der Waals surface area contributed by atoms with Gasteiger partial charge in [-0.25, -0.2) is 9.97 Å². The van der Waals surface area contributed by atoms with Crippen LogP contribution in [0, 0.1) is 0 Å². The molecule has 0 saturated carbocycles. The number of nitrogens with zero attached hydrogens (tertiary/aromatic N) is 2. The van der Waals surface area contributed by atoms with Crippen LogP contribution in [0.25, 0.3) is 10.9 Å². The average molecular weight is 244 g/mol. The van der Waals surface area contributed by atoms with E-state index in [1.165, 1.54) is 0 Å². The van der Waals surface area contributed by atoms with Crippen LogP contribution < -0.4 is 15.8 Å². The number of nitrogens with two attached hydrogens (primary N) is 1. The van der Waals surface area contributed by atoms with Crippen LogP contribution >= 0.6 is 0 Å². The van der Waals surface area contributed by atoms with Gasteiger partial charge in [-0.2, -0.15) is 0 Å². The molecule has 1 fully saturated rings. The molecule has 1 unspecified atom stereocenters. The number of hydrogen-bond donors (Lipinski definition) is 2. The van der Waals surface area contributed by atoms with Crippen molar-refractivity contribution in [2.75, 3.05) is 25.9 Å². The molecule has 3 rings (SSSR count). The molecule has 94 valence electrons. The van der Waals surface area contributed by atoms with Crippen LogP contribution in [0.1, 0.15) is 18.2 Å². The minimum atomic E-state index is 0.374. The van der Waals surface area contributed by atoms with E-state index in [4.69, 9.17) is 10.5 Å². The molecule has 5 nitrogen and oxygen atoms in total. The van der Waals surface area contributed by atoms with Gasteiger partial charge in [0.15, 0.2) is 0 Å². The highest BCUT2D eigenvalue weighted by molar-refractivity contribution is 5.89. The SMILES string of the molecule is COc1ccc2nc(C3CCNC3)nc(N)c2c1. The number of ether oxygens (including phenoxy) is 1. The largest absolute Gasteiger partial charge is 0.497 e. The van der Waals surface area contributed by atoms with Crippen LogP contribution in [0.15, 0.2) is 18.2 Å². The van der Waals surface area contributed by atoms with Gasteiger partial charge >= 0.3 is 0 Å². The van der Waals surface area contributed by atoms with Gasteiger partial charge < -0.3 is 15.8 Å². The summed E-state index contributed by atoms with van der Waals surface area (Å²) in [5.41, 5.74) is 6.90. The second-order valence-electron chi connectivity index (χ2n) is 4.54. The van der Waals surface area contributed by atoms with Crippen molar-refractivity contribution in [3.8, 4) is 5.75 Å². The zero-order valence-corrected chi connectivity index (χ0v) is 10.3. The lowest BCUT2D eigenvalue weighted by atomic mass is 10.1. The van der Waals surface area contributed by atoms with Crippen LogP contribution in [0.3, 0.4) is 0 Å². The molecule has 0 amide bonds. The van der Waals surface area contributed by atoms with Crippen molar-refractivity contribution in [3.05, 3.63) is 24.0 Å². The lowest BCUT2D eigenvalue weighted by Crippen LogP contribution is -2.11. The molecule has 1 aromatic carbocycles. The molecule has 2 aromatic rings. The normalized spacial score (nSPS) is 19.3. The van der Waals surface area contributed by atoms with E-state index in [1.807, 2.05) is 18.2 Å². The standard InChI is InChI=1S/C13H16N4O/c1-18-9-2-3-11-10(6-9)12(14)17-13(16-11)8-4-5-15-7-8/h2-3,6,8,15H,4-5,7H2,1H3,(H2,14,16,17). The van der Waals surface area contributed by atoms with E-state index in [-0.39, 0.29) is 0 Å². The zero-order chi connectivity index (χ0) is 12.5. The van der Waals surface area contributed by atoms with Crippen molar-refractivity contribution in [3.63, 3.8) is 0 Å². The number of nitrogen functional groups attached to an aromatic ring is 1. The second kappa shape index (κ2) is 4.42. The van der Waals surface area contributed by atoms with E-state index in [0.29, 0.717) is 11.7 Å². The highest BCUT2D eigenvalue weighted by atomic mass is 16.5. The van der Waals surface area contributed by atoms with Crippen LogP contribution in [0.5, 0.6) is 5.75 Å². The van der Waals surface area contributed by atoms with Crippen molar-refractivity contribution >= 4 is 16.7 Å². The molecule has 3 N–H and O–H groups in total. The van der Waals surface area contributed by atoms with Crippen molar-refractivity contribution in [1.29, 1.82) is 0 Å². The van der Waals surface area contributed by atoms with E-state index in [2.05, 4.69) is 15.3 Å². The zero-order valence-electron chi connectivity index (χ0n) is 10.3. The summed E-state index contributed by atoms with van der Waals surface area (Å²) < 4.78 is 5.19.